The van der Waals surface area contributed by atoms with Gasteiger partial charge in [-0.15, -0.1) is 0 Å². The maximum atomic E-state index is 12.6. The zero-order valence-corrected chi connectivity index (χ0v) is 15.4. The summed E-state index contributed by atoms with van der Waals surface area (Å²) in [6, 6.07) is 0.737. The van der Waals surface area contributed by atoms with Crippen LogP contribution in [0.1, 0.15) is 51.0 Å². The molecule has 1 aromatic rings. The number of carbonyl (C=O) groups is 1. The van der Waals surface area contributed by atoms with Crippen molar-refractivity contribution in [3.63, 3.8) is 0 Å². The Hall–Kier alpha value is -1.89. The van der Waals surface area contributed by atoms with E-state index >= 15 is 0 Å². The molecule has 26 heavy (non-hydrogen) atoms. The summed E-state index contributed by atoms with van der Waals surface area (Å²) < 4.78 is 1.83. The fourth-order valence-electron chi connectivity index (χ4n) is 4.11. The second-order valence-corrected chi connectivity index (χ2v) is 7.86. The van der Waals surface area contributed by atoms with Crippen molar-refractivity contribution in [1.82, 2.24) is 19.8 Å². The number of hydrogen-bond donors (Lipinski definition) is 1. The molecule has 0 aromatic carbocycles. The monoisotopic (exact) mass is 359 g/mol. The van der Waals surface area contributed by atoms with Crippen molar-refractivity contribution < 1.29 is 4.79 Å². The van der Waals surface area contributed by atoms with Crippen LogP contribution >= 0.6 is 0 Å². The maximum absolute atomic E-state index is 12.6. The molecule has 2 saturated carbocycles. The number of rotatable bonds is 5. The normalized spacial score (nSPS) is 22.4. The van der Waals surface area contributed by atoms with Gasteiger partial charge in [0.15, 0.2) is 5.82 Å². The van der Waals surface area contributed by atoms with Crippen LogP contribution in [0.4, 0.5) is 5.82 Å². The molecule has 7 nitrogen and oxygen atoms in total. The number of piperazine rings is 1. The molecule has 2 aliphatic carbocycles. The first-order valence-electron chi connectivity index (χ1n) is 10.0. The first kappa shape index (κ1) is 17.5. The van der Waals surface area contributed by atoms with E-state index in [1.165, 1.54) is 19.3 Å². The van der Waals surface area contributed by atoms with Crippen LogP contribution in [0.5, 0.6) is 0 Å². The van der Waals surface area contributed by atoms with E-state index in [0.717, 1.165) is 51.9 Å². The van der Waals surface area contributed by atoms with E-state index in [0.29, 0.717) is 24.4 Å². The van der Waals surface area contributed by atoms with Crippen LogP contribution < -0.4 is 15.8 Å². The van der Waals surface area contributed by atoms with Gasteiger partial charge in [0.05, 0.1) is 6.54 Å². The third-order valence-corrected chi connectivity index (χ3v) is 5.80. The Morgan fingerprint density at radius 2 is 1.81 bits per heavy atom. The predicted octanol–water partition coefficient (Wildman–Crippen LogP) is 1.15. The summed E-state index contributed by atoms with van der Waals surface area (Å²) in [5.41, 5.74) is 0.0264. The number of carbonyl (C=O) groups excluding carboxylic acids is 1. The Kier molecular flexibility index (Phi) is 5.24. The quantitative estimate of drug-likeness (QED) is 0.854. The van der Waals surface area contributed by atoms with Gasteiger partial charge < -0.3 is 14.8 Å². The summed E-state index contributed by atoms with van der Waals surface area (Å²) in [7, 11) is 0. The van der Waals surface area contributed by atoms with Gasteiger partial charge in [0, 0.05) is 50.7 Å². The van der Waals surface area contributed by atoms with Crippen LogP contribution in [0.2, 0.25) is 0 Å². The van der Waals surface area contributed by atoms with Gasteiger partial charge in [-0.1, -0.05) is 19.3 Å². The van der Waals surface area contributed by atoms with Crippen LogP contribution in [0.25, 0.3) is 0 Å². The Bertz CT molecular complexity index is 685. The van der Waals surface area contributed by atoms with Crippen LogP contribution in [0, 0.1) is 0 Å². The van der Waals surface area contributed by atoms with Gasteiger partial charge in [-0.3, -0.25) is 14.5 Å². The fourth-order valence-corrected chi connectivity index (χ4v) is 4.11. The van der Waals surface area contributed by atoms with E-state index in [-0.39, 0.29) is 11.5 Å². The highest BCUT2D eigenvalue weighted by atomic mass is 16.2. The molecule has 0 unspecified atom stereocenters. The van der Waals surface area contributed by atoms with Crippen LogP contribution in [-0.4, -0.2) is 59.1 Å². The number of aromatic nitrogens is 2. The first-order valence-corrected chi connectivity index (χ1v) is 10.0. The number of nitrogens with one attached hydrogen (secondary N) is 1. The highest BCUT2D eigenvalue weighted by Crippen LogP contribution is 2.33. The topological polar surface area (TPSA) is 70.5 Å². The van der Waals surface area contributed by atoms with Gasteiger partial charge in [-0.2, -0.15) is 0 Å². The summed E-state index contributed by atoms with van der Waals surface area (Å²) >= 11 is 0. The van der Waals surface area contributed by atoms with E-state index in [1.807, 2.05) is 4.57 Å². The maximum Gasteiger partial charge on any atom is 0.293 e. The molecule has 4 rings (SSSR count). The largest absolute Gasteiger partial charge is 0.352 e. The minimum atomic E-state index is 0.0264. The standard InChI is InChI=1S/C19H29N5O2/c25-17(21-15-4-2-1-3-5-15)14-22-10-12-23(13-11-22)18-19(26)24(9-8-20-18)16-6-7-16/h8-9,15-16H,1-7,10-14H2,(H,21,25). The molecule has 7 heteroatoms. The molecule has 0 spiro atoms. The first-order chi connectivity index (χ1) is 12.7. The molecule has 0 bridgehead atoms. The molecule has 1 N–H and O–H groups in total. The van der Waals surface area contributed by atoms with Crippen LogP contribution in [-0.2, 0) is 4.79 Å². The number of nitrogens with zero attached hydrogens (tertiary/aromatic N) is 4. The lowest BCUT2D eigenvalue weighted by atomic mass is 9.95. The second kappa shape index (κ2) is 7.78. The van der Waals surface area contributed by atoms with Gasteiger partial charge in [0.1, 0.15) is 0 Å². The van der Waals surface area contributed by atoms with Crippen molar-refractivity contribution in [2.45, 2.75) is 57.0 Å². The highest BCUT2D eigenvalue weighted by molar-refractivity contribution is 5.78. The molecule has 3 aliphatic rings. The van der Waals surface area contributed by atoms with Crippen molar-refractivity contribution in [2.24, 2.45) is 0 Å². The summed E-state index contributed by atoms with van der Waals surface area (Å²) in [4.78, 5) is 33.5. The number of anilines is 1. The van der Waals surface area contributed by atoms with Gasteiger partial charge in [0.2, 0.25) is 5.91 Å². The smallest absolute Gasteiger partial charge is 0.293 e. The van der Waals surface area contributed by atoms with E-state index < -0.39 is 0 Å². The molecule has 1 aliphatic heterocycles. The minimum absolute atomic E-state index is 0.0264. The Labute approximate surface area is 154 Å². The third-order valence-electron chi connectivity index (χ3n) is 5.80. The molecule has 0 atom stereocenters. The lowest BCUT2D eigenvalue weighted by Gasteiger charge is -2.35. The average Bonchev–Trinajstić information content (AvgIpc) is 3.49. The molecule has 2 heterocycles. The summed E-state index contributed by atoms with van der Waals surface area (Å²) in [6.45, 7) is 3.52. The molecule has 3 fully saturated rings. The van der Waals surface area contributed by atoms with Crippen molar-refractivity contribution in [2.75, 3.05) is 37.6 Å². The Morgan fingerprint density at radius 3 is 2.50 bits per heavy atom. The summed E-state index contributed by atoms with van der Waals surface area (Å²) in [5, 5.41) is 3.19. The predicted molar refractivity (Wildman–Crippen MR) is 100 cm³/mol. The fraction of sp³-hybridized carbons (Fsp3) is 0.737. The SMILES string of the molecule is O=C(CN1CCN(c2nccn(C3CC3)c2=O)CC1)NC1CCCCC1. The second-order valence-electron chi connectivity index (χ2n) is 7.86. The Balaban J connectivity index is 1.28. The van der Waals surface area contributed by atoms with E-state index in [9.17, 15) is 9.59 Å². The number of hydrogen-bond acceptors (Lipinski definition) is 5. The molecule has 0 radical (unpaired) electrons. The van der Waals surface area contributed by atoms with Gasteiger partial charge in [0.25, 0.3) is 5.56 Å². The van der Waals surface area contributed by atoms with Gasteiger partial charge >= 0.3 is 0 Å². The zero-order valence-electron chi connectivity index (χ0n) is 15.4. The number of amides is 1. The van der Waals surface area contributed by atoms with E-state index in [2.05, 4.69) is 20.1 Å². The molecule has 1 aromatic heterocycles. The molecule has 1 saturated heterocycles. The van der Waals surface area contributed by atoms with E-state index in [4.69, 9.17) is 0 Å². The van der Waals surface area contributed by atoms with Crippen molar-refractivity contribution in [3.8, 4) is 0 Å². The lowest BCUT2D eigenvalue weighted by molar-refractivity contribution is -0.123. The summed E-state index contributed by atoms with van der Waals surface area (Å²) in [5.74, 6) is 0.699. The van der Waals surface area contributed by atoms with E-state index in [1.54, 1.807) is 12.4 Å². The van der Waals surface area contributed by atoms with Crippen molar-refractivity contribution in [1.29, 1.82) is 0 Å². The minimum Gasteiger partial charge on any atom is -0.352 e. The van der Waals surface area contributed by atoms with Crippen molar-refractivity contribution in [3.05, 3.63) is 22.7 Å². The highest BCUT2D eigenvalue weighted by Gasteiger charge is 2.28. The third kappa shape index (κ3) is 4.09. The zero-order chi connectivity index (χ0) is 17.9. The van der Waals surface area contributed by atoms with Gasteiger partial charge in [-0.25, -0.2) is 4.98 Å². The van der Waals surface area contributed by atoms with Gasteiger partial charge in [-0.05, 0) is 25.7 Å². The van der Waals surface area contributed by atoms with Crippen molar-refractivity contribution >= 4 is 11.7 Å². The Morgan fingerprint density at radius 1 is 1.08 bits per heavy atom. The molecule has 1 amide bonds. The molecular weight excluding hydrogens is 330 g/mol. The molecular formula is C19H29N5O2. The molecule has 142 valence electrons. The summed E-state index contributed by atoms with van der Waals surface area (Å²) in [6.07, 6.45) is 11.7. The lowest BCUT2D eigenvalue weighted by Crippen LogP contribution is -2.52. The van der Waals surface area contributed by atoms with Crippen LogP contribution in [0.3, 0.4) is 0 Å². The van der Waals surface area contributed by atoms with Crippen LogP contribution in [0.15, 0.2) is 17.2 Å². The average molecular weight is 359 g/mol.